The predicted molar refractivity (Wildman–Crippen MR) is 90.4 cm³/mol. The average molecular weight is 296 g/mol. The topological polar surface area (TPSA) is 43.1 Å². The van der Waals surface area contributed by atoms with Crippen LogP contribution in [-0.4, -0.2) is 19.4 Å². The number of hydrogen-bond acceptors (Lipinski definition) is 3. The Kier molecular flexibility index (Phi) is 3.06. The molecule has 0 radical (unpaired) electrons. The molecule has 0 N–H and O–H groups in total. The molecule has 0 saturated heterocycles. The van der Waals surface area contributed by atoms with Gasteiger partial charge in [0.1, 0.15) is 11.5 Å². The molecule has 0 saturated carbocycles. The Morgan fingerprint density at radius 3 is 2.18 bits per heavy atom. The lowest BCUT2D eigenvalue weighted by Crippen LogP contribution is -2.20. The van der Waals surface area contributed by atoms with Crippen molar-refractivity contribution in [2.75, 3.05) is 0 Å². The smallest absolute Gasteiger partial charge is 0.165 e. The number of rotatable bonds is 0. The van der Waals surface area contributed by atoms with Crippen molar-refractivity contribution in [1.82, 2.24) is 19.4 Å². The third kappa shape index (κ3) is 2.27. The third-order valence-corrected chi connectivity index (χ3v) is 3.92. The van der Waals surface area contributed by atoms with Crippen LogP contribution in [0.3, 0.4) is 0 Å². The first-order chi connectivity index (χ1) is 10.1. The largest absolute Gasteiger partial charge is 0.284 e. The molecule has 0 bridgehead atoms. The van der Waals surface area contributed by atoms with Gasteiger partial charge < -0.3 is 0 Å². The van der Waals surface area contributed by atoms with Crippen LogP contribution in [0, 0.1) is 6.92 Å². The van der Waals surface area contributed by atoms with E-state index in [1.165, 1.54) is 0 Å². The van der Waals surface area contributed by atoms with E-state index in [-0.39, 0.29) is 10.8 Å². The van der Waals surface area contributed by atoms with E-state index in [9.17, 15) is 0 Å². The average Bonchev–Trinajstić information content (AvgIpc) is 2.77. The molecule has 0 spiro atoms. The van der Waals surface area contributed by atoms with E-state index in [0.717, 1.165) is 33.9 Å². The fraction of sp³-hybridized carbons (Fsp3) is 0.500. The van der Waals surface area contributed by atoms with Crippen LogP contribution in [0.2, 0.25) is 0 Å². The Morgan fingerprint density at radius 1 is 0.909 bits per heavy atom. The van der Waals surface area contributed by atoms with Gasteiger partial charge in [-0.05, 0) is 19.1 Å². The fourth-order valence-electron chi connectivity index (χ4n) is 2.67. The Balaban J connectivity index is 2.44. The number of hydrogen-bond donors (Lipinski definition) is 0. The van der Waals surface area contributed by atoms with Crippen molar-refractivity contribution in [3.8, 4) is 0 Å². The first kappa shape index (κ1) is 14.9. The Hall–Kier alpha value is -1.97. The molecular weight excluding hydrogens is 272 g/mol. The summed E-state index contributed by atoms with van der Waals surface area (Å²) in [4.78, 5) is 14.3. The van der Waals surface area contributed by atoms with Gasteiger partial charge >= 0.3 is 0 Å². The molecule has 22 heavy (non-hydrogen) atoms. The van der Waals surface area contributed by atoms with Crippen molar-refractivity contribution in [2.24, 2.45) is 0 Å². The lowest BCUT2D eigenvalue weighted by atomic mass is 9.91. The summed E-state index contributed by atoms with van der Waals surface area (Å²) >= 11 is 0. The van der Waals surface area contributed by atoms with Crippen LogP contribution in [0.1, 0.15) is 58.8 Å². The molecule has 3 rings (SSSR count). The third-order valence-electron chi connectivity index (χ3n) is 3.92. The Bertz CT molecular complexity index is 861. The van der Waals surface area contributed by atoms with Crippen molar-refractivity contribution >= 4 is 16.7 Å². The summed E-state index contributed by atoms with van der Waals surface area (Å²) in [6.07, 6.45) is 1.91. The predicted octanol–water partition coefficient (Wildman–Crippen LogP) is 4.18. The van der Waals surface area contributed by atoms with Gasteiger partial charge in [0.2, 0.25) is 0 Å². The van der Waals surface area contributed by atoms with Gasteiger partial charge in [0, 0.05) is 28.4 Å². The molecule has 0 aromatic carbocycles. The van der Waals surface area contributed by atoms with Gasteiger partial charge in [0.25, 0.3) is 0 Å². The maximum Gasteiger partial charge on any atom is 0.165 e. The van der Waals surface area contributed by atoms with E-state index in [1.807, 2.05) is 6.20 Å². The first-order valence-electron chi connectivity index (χ1n) is 7.75. The second kappa shape index (κ2) is 4.51. The van der Waals surface area contributed by atoms with E-state index in [0.29, 0.717) is 0 Å². The lowest BCUT2D eigenvalue weighted by molar-refractivity contribution is 0.535. The summed E-state index contributed by atoms with van der Waals surface area (Å²) in [5.74, 6) is 1.00. The molecule has 4 nitrogen and oxygen atoms in total. The van der Waals surface area contributed by atoms with Gasteiger partial charge in [-0.2, -0.15) is 0 Å². The highest BCUT2D eigenvalue weighted by Crippen LogP contribution is 2.28. The Labute approximate surface area is 131 Å². The van der Waals surface area contributed by atoms with Gasteiger partial charge in [-0.25, -0.2) is 15.0 Å². The van der Waals surface area contributed by atoms with Crippen molar-refractivity contribution in [1.29, 1.82) is 0 Å². The van der Waals surface area contributed by atoms with Crippen molar-refractivity contribution < 1.29 is 0 Å². The van der Waals surface area contributed by atoms with E-state index in [1.54, 1.807) is 0 Å². The molecule has 0 amide bonds. The SMILES string of the molecule is Cc1cnc2c3ccc(C(C)(C)C)nc3nc(C(C)(C)C)n12. The van der Waals surface area contributed by atoms with E-state index < -0.39 is 0 Å². The van der Waals surface area contributed by atoms with Crippen LogP contribution in [0.4, 0.5) is 0 Å². The molecule has 3 aromatic rings. The number of nitrogens with zero attached hydrogens (tertiary/aromatic N) is 4. The fourth-order valence-corrected chi connectivity index (χ4v) is 2.67. The van der Waals surface area contributed by atoms with Crippen LogP contribution >= 0.6 is 0 Å². The second-order valence-electron chi connectivity index (χ2n) is 8.06. The highest BCUT2D eigenvalue weighted by molar-refractivity contribution is 5.89. The van der Waals surface area contributed by atoms with Gasteiger partial charge in [0.15, 0.2) is 5.65 Å². The molecule has 0 aliphatic carbocycles. The first-order valence-corrected chi connectivity index (χ1v) is 7.75. The lowest BCUT2D eigenvalue weighted by Gasteiger charge is -2.22. The quantitative estimate of drug-likeness (QED) is 0.625. The minimum Gasteiger partial charge on any atom is -0.284 e. The highest BCUT2D eigenvalue weighted by atomic mass is 15.1. The summed E-state index contributed by atoms with van der Waals surface area (Å²) < 4.78 is 2.15. The normalized spacial score (nSPS) is 13.2. The van der Waals surface area contributed by atoms with Crippen molar-refractivity contribution in [3.05, 3.63) is 35.5 Å². The number of aryl methyl sites for hydroxylation is 1. The summed E-state index contributed by atoms with van der Waals surface area (Å²) in [6, 6.07) is 4.19. The van der Waals surface area contributed by atoms with Crippen LogP contribution in [0.15, 0.2) is 18.3 Å². The van der Waals surface area contributed by atoms with E-state index in [2.05, 4.69) is 70.0 Å². The van der Waals surface area contributed by atoms with Crippen LogP contribution in [-0.2, 0) is 10.8 Å². The minimum absolute atomic E-state index is 0.00916. The summed E-state index contributed by atoms with van der Waals surface area (Å²) in [5.41, 5.74) is 3.83. The number of aromatic nitrogens is 4. The molecule has 116 valence electrons. The van der Waals surface area contributed by atoms with E-state index >= 15 is 0 Å². The zero-order chi connectivity index (χ0) is 16.3. The molecule has 0 aliphatic rings. The number of imidazole rings is 1. The second-order valence-corrected chi connectivity index (χ2v) is 8.06. The van der Waals surface area contributed by atoms with Gasteiger partial charge in [0.05, 0.1) is 5.39 Å². The van der Waals surface area contributed by atoms with Gasteiger partial charge in [-0.1, -0.05) is 41.5 Å². The molecule has 4 heteroatoms. The standard InChI is InChI=1S/C18H24N4/c1-11-10-19-15-12-8-9-13(17(2,3)4)20-14(12)21-16(22(11)15)18(5,6)7/h8-10H,1-7H3. The van der Waals surface area contributed by atoms with Gasteiger partial charge in [-0.15, -0.1) is 0 Å². The zero-order valence-electron chi connectivity index (χ0n) is 14.5. The monoisotopic (exact) mass is 296 g/mol. The minimum atomic E-state index is -0.0721. The highest BCUT2D eigenvalue weighted by Gasteiger charge is 2.24. The Morgan fingerprint density at radius 2 is 1.59 bits per heavy atom. The molecule has 3 aromatic heterocycles. The van der Waals surface area contributed by atoms with Gasteiger partial charge in [-0.3, -0.25) is 4.40 Å². The van der Waals surface area contributed by atoms with Crippen molar-refractivity contribution in [2.45, 2.75) is 59.3 Å². The maximum atomic E-state index is 4.89. The zero-order valence-corrected chi connectivity index (χ0v) is 14.5. The molecule has 0 unspecified atom stereocenters. The molecular formula is C18H24N4. The number of pyridine rings is 1. The van der Waals surface area contributed by atoms with E-state index in [4.69, 9.17) is 9.97 Å². The van der Waals surface area contributed by atoms with Crippen LogP contribution < -0.4 is 0 Å². The molecule has 0 aliphatic heterocycles. The van der Waals surface area contributed by atoms with Crippen LogP contribution in [0.5, 0.6) is 0 Å². The molecule has 3 heterocycles. The number of fused-ring (bicyclic) bond motifs is 3. The molecule has 0 fully saturated rings. The van der Waals surface area contributed by atoms with Crippen LogP contribution in [0.25, 0.3) is 16.7 Å². The van der Waals surface area contributed by atoms with Crippen molar-refractivity contribution in [3.63, 3.8) is 0 Å². The maximum absolute atomic E-state index is 4.89. The summed E-state index contributed by atoms with van der Waals surface area (Å²) in [5, 5.41) is 1.01. The molecule has 0 atom stereocenters. The summed E-state index contributed by atoms with van der Waals surface area (Å²) in [7, 11) is 0. The summed E-state index contributed by atoms with van der Waals surface area (Å²) in [6.45, 7) is 15.1.